The number of hydrogen-bond acceptors (Lipinski definition) is 4. The number of ether oxygens (including phenoxy) is 1. The second kappa shape index (κ2) is 6.41. The summed E-state index contributed by atoms with van der Waals surface area (Å²) in [5.41, 5.74) is -1.53. The van der Waals surface area contributed by atoms with Crippen LogP contribution in [0.15, 0.2) is 5.18 Å². The number of nitroso groups, excluding NO2 is 1. The number of nitrogens with zero attached hydrogens (tertiary/aromatic N) is 1. The summed E-state index contributed by atoms with van der Waals surface area (Å²) >= 11 is 0. The first-order chi connectivity index (χ1) is 8.16. The molecule has 3 atom stereocenters. The van der Waals surface area contributed by atoms with Gasteiger partial charge in [-0.1, -0.05) is 34.6 Å². The predicted octanol–water partition coefficient (Wildman–Crippen LogP) is 3.93. The predicted molar refractivity (Wildman–Crippen MR) is 73.3 cm³/mol. The van der Waals surface area contributed by atoms with Crippen LogP contribution in [0.2, 0.25) is 0 Å². The summed E-state index contributed by atoms with van der Waals surface area (Å²) < 4.78 is 5.57. The van der Waals surface area contributed by atoms with Gasteiger partial charge in [0.15, 0.2) is 11.5 Å². The van der Waals surface area contributed by atoms with Crippen LogP contribution in [-0.2, 0) is 9.53 Å². The summed E-state index contributed by atoms with van der Waals surface area (Å²) in [6, 6.07) is 0. The fraction of sp³-hybridized carbons (Fsp3) is 0.929. The minimum absolute atomic E-state index is 0.0447. The third-order valence-corrected chi connectivity index (χ3v) is 4.22. The van der Waals surface area contributed by atoms with E-state index in [0.717, 1.165) is 6.42 Å². The van der Waals surface area contributed by atoms with E-state index >= 15 is 0 Å². The molecule has 0 saturated heterocycles. The normalized spacial score (nSPS) is 20.0. The van der Waals surface area contributed by atoms with Crippen LogP contribution in [0.3, 0.4) is 0 Å². The van der Waals surface area contributed by atoms with Crippen LogP contribution in [0.5, 0.6) is 0 Å². The standard InChI is InChI=1S/C14H27NO3/c1-8-13(6,10(3)4)12(16)11(5)18-14(7,9-2)15-17/h10-11H,8-9H2,1-7H3. The van der Waals surface area contributed by atoms with Gasteiger partial charge < -0.3 is 4.74 Å². The average molecular weight is 257 g/mol. The van der Waals surface area contributed by atoms with Gasteiger partial charge in [-0.15, -0.1) is 4.91 Å². The number of carbonyl (C=O) groups excluding carboxylic acids is 1. The lowest BCUT2D eigenvalue weighted by atomic mass is 9.72. The lowest BCUT2D eigenvalue weighted by Gasteiger charge is -2.35. The average Bonchev–Trinajstić information content (AvgIpc) is 2.36. The van der Waals surface area contributed by atoms with Crippen molar-refractivity contribution in [2.75, 3.05) is 0 Å². The van der Waals surface area contributed by atoms with Gasteiger partial charge >= 0.3 is 0 Å². The zero-order chi connectivity index (χ0) is 14.6. The van der Waals surface area contributed by atoms with Gasteiger partial charge in [0.25, 0.3) is 0 Å². The van der Waals surface area contributed by atoms with Crippen LogP contribution in [0.1, 0.15) is 61.3 Å². The van der Waals surface area contributed by atoms with Crippen molar-refractivity contribution >= 4 is 5.78 Å². The van der Waals surface area contributed by atoms with E-state index in [4.69, 9.17) is 4.74 Å². The van der Waals surface area contributed by atoms with Gasteiger partial charge in [0.1, 0.15) is 6.10 Å². The zero-order valence-electron chi connectivity index (χ0n) is 12.7. The maximum atomic E-state index is 12.5. The van der Waals surface area contributed by atoms with E-state index in [9.17, 15) is 9.70 Å². The fourth-order valence-corrected chi connectivity index (χ4v) is 1.94. The molecule has 0 N–H and O–H groups in total. The van der Waals surface area contributed by atoms with Crippen molar-refractivity contribution in [2.45, 2.75) is 73.1 Å². The summed E-state index contributed by atoms with van der Waals surface area (Å²) in [5, 5.41) is 2.99. The molecule has 0 amide bonds. The molecule has 0 radical (unpaired) electrons. The summed E-state index contributed by atoms with van der Waals surface area (Å²) in [5.74, 6) is 0.279. The molecule has 0 aliphatic carbocycles. The minimum atomic E-state index is -1.11. The molecular weight excluding hydrogens is 230 g/mol. The van der Waals surface area contributed by atoms with Crippen LogP contribution < -0.4 is 0 Å². The Morgan fingerprint density at radius 1 is 1.17 bits per heavy atom. The van der Waals surface area contributed by atoms with Gasteiger partial charge in [-0.2, -0.15) is 0 Å². The van der Waals surface area contributed by atoms with Crippen LogP contribution in [0.4, 0.5) is 0 Å². The largest absolute Gasteiger partial charge is 0.340 e. The van der Waals surface area contributed by atoms with Crippen molar-refractivity contribution < 1.29 is 9.53 Å². The monoisotopic (exact) mass is 257 g/mol. The Labute approximate surface area is 110 Å². The van der Waals surface area contributed by atoms with Gasteiger partial charge in [0, 0.05) is 5.41 Å². The minimum Gasteiger partial charge on any atom is -0.340 e. The van der Waals surface area contributed by atoms with Crippen molar-refractivity contribution in [2.24, 2.45) is 16.5 Å². The molecule has 18 heavy (non-hydrogen) atoms. The Bertz CT molecular complexity index is 303. The van der Waals surface area contributed by atoms with Gasteiger partial charge in [0.2, 0.25) is 0 Å². The van der Waals surface area contributed by atoms with E-state index in [-0.39, 0.29) is 11.7 Å². The molecule has 0 fully saturated rings. The quantitative estimate of drug-likeness (QED) is 0.619. The zero-order valence-corrected chi connectivity index (χ0v) is 12.7. The number of rotatable bonds is 8. The van der Waals surface area contributed by atoms with Gasteiger partial charge in [-0.25, -0.2) is 0 Å². The molecule has 3 unspecified atom stereocenters. The Morgan fingerprint density at radius 3 is 1.94 bits per heavy atom. The first-order valence-electron chi connectivity index (χ1n) is 6.73. The number of hydrogen-bond donors (Lipinski definition) is 0. The highest BCUT2D eigenvalue weighted by atomic mass is 16.5. The van der Waals surface area contributed by atoms with E-state index in [2.05, 4.69) is 5.18 Å². The van der Waals surface area contributed by atoms with Crippen molar-refractivity contribution in [1.82, 2.24) is 0 Å². The van der Waals surface area contributed by atoms with Crippen molar-refractivity contribution in [1.29, 1.82) is 0 Å². The van der Waals surface area contributed by atoms with E-state index < -0.39 is 17.2 Å². The Hall–Kier alpha value is -0.770. The molecule has 0 rings (SSSR count). The van der Waals surface area contributed by atoms with Crippen molar-refractivity contribution in [3.63, 3.8) is 0 Å². The first kappa shape index (κ1) is 17.2. The van der Waals surface area contributed by atoms with Gasteiger partial charge in [-0.05, 0) is 37.8 Å². The number of Topliss-reactive ketones (excluding diaryl/α,β-unsaturated/α-hetero) is 1. The lowest BCUT2D eigenvalue weighted by Crippen LogP contribution is -2.43. The molecule has 0 aromatic rings. The smallest absolute Gasteiger partial charge is 0.197 e. The molecular formula is C14H27NO3. The maximum Gasteiger partial charge on any atom is 0.197 e. The van der Waals surface area contributed by atoms with Crippen LogP contribution in [0, 0.1) is 16.2 Å². The molecule has 0 saturated carbocycles. The molecule has 0 aromatic heterocycles. The first-order valence-corrected chi connectivity index (χ1v) is 6.73. The van der Waals surface area contributed by atoms with E-state index in [1.807, 2.05) is 34.6 Å². The SMILES string of the molecule is CCC(C)(N=O)OC(C)C(=O)C(C)(CC)C(C)C. The molecule has 4 heteroatoms. The summed E-state index contributed by atoms with van der Waals surface area (Å²) in [6.07, 6.45) is 0.604. The van der Waals surface area contributed by atoms with E-state index in [1.54, 1.807) is 13.8 Å². The lowest BCUT2D eigenvalue weighted by molar-refractivity contribution is -0.153. The van der Waals surface area contributed by atoms with Gasteiger partial charge in [0.05, 0.1) is 0 Å². The highest BCUT2D eigenvalue weighted by Crippen LogP contribution is 2.34. The summed E-state index contributed by atoms with van der Waals surface area (Å²) in [6.45, 7) is 13.2. The van der Waals surface area contributed by atoms with Gasteiger partial charge in [-0.3, -0.25) is 4.79 Å². The third kappa shape index (κ3) is 3.61. The summed E-state index contributed by atoms with van der Waals surface area (Å²) in [7, 11) is 0. The second-order valence-corrected chi connectivity index (χ2v) is 5.67. The molecule has 106 valence electrons. The molecule has 0 aliphatic heterocycles. The van der Waals surface area contributed by atoms with Crippen LogP contribution in [-0.4, -0.2) is 17.6 Å². The maximum absolute atomic E-state index is 12.5. The fourth-order valence-electron chi connectivity index (χ4n) is 1.94. The van der Waals surface area contributed by atoms with Crippen molar-refractivity contribution in [3.05, 3.63) is 4.91 Å². The third-order valence-electron chi connectivity index (χ3n) is 4.22. The highest BCUT2D eigenvalue weighted by molar-refractivity contribution is 5.88. The number of ketones is 1. The van der Waals surface area contributed by atoms with Crippen LogP contribution in [0.25, 0.3) is 0 Å². The van der Waals surface area contributed by atoms with Crippen LogP contribution >= 0.6 is 0 Å². The van der Waals surface area contributed by atoms with E-state index in [0.29, 0.717) is 6.42 Å². The molecule has 4 nitrogen and oxygen atoms in total. The molecule has 0 spiro atoms. The molecule has 0 bridgehead atoms. The molecule has 0 aromatic carbocycles. The topological polar surface area (TPSA) is 55.7 Å². The number of carbonyl (C=O) groups is 1. The van der Waals surface area contributed by atoms with Crippen molar-refractivity contribution in [3.8, 4) is 0 Å². The Morgan fingerprint density at radius 2 is 1.67 bits per heavy atom. The molecule has 0 aliphatic rings. The Kier molecular flexibility index (Phi) is 6.14. The second-order valence-electron chi connectivity index (χ2n) is 5.67. The molecule has 0 heterocycles. The Balaban J connectivity index is 4.95. The highest BCUT2D eigenvalue weighted by Gasteiger charge is 2.40. The summed E-state index contributed by atoms with van der Waals surface area (Å²) in [4.78, 5) is 23.3. The van der Waals surface area contributed by atoms with E-state index in [1.165, 1.54) is 0 Å².